The number of hydrogen-bond donors (Lipinski definition) is 11. The summed E-state index contributed by atoms with van der Waals surface area (Å²) in [5.74, 6) is -9.24. The molecular weight excluding hydrogens is 763 g/mol. The van der Waals surface area contributed by atoms with Crippen molar-refractivity contribution >= 4 is 61.0 Å². The van der Waals surface area contributed by atoms with Crippen LogP contribution in [0.4, 0.5) is 0 Å². The van der Waals surface area contributed by atoms with E-state index in [0.717, 1.165) is 0 Å². The Labute approximate surface area is 322 Å². The number of carboxylic acids is 1. The Balaban J connectivity index is 3.17. The Bertz CT molecular complexity index is 1650. The molecule has 312 valence electrons. The number of rotatable bonds is 24. The zero-order chi connectivity index (χ0) is 42.9. The van der Waals surface area contributed by atoms with Crippen LogP contribution in [0.25, 0.3) is 0 Å². The second kappa shape index (κ2) is 22.7. The SMILES string of the molecule is CC(=O)N[C@@H](Cc1ccc(OP(=O)(O)O)cc1)C(=O)N[C@H](C(=O)N[C@@H](CC(C)C)C(=O)N[C@@H](CCC(N)=O)C(=O)NCC(=O)N[C@@H](CC(=O)O)C(N)=O)C(C)C. The lowest BCUT2D eigenvalue weighted by Crippen LogP contribution is -2.60. The van der Waals surface area contributed by atoms with Crippen molar-refractivity contribution in [2.45, 2.75) is 96.9 Å². The highest BCUT2D eigenvalue weighted by atomic mass is 31.2. The summed E-state index contributed by atoms with van der Waals surface area (Å²) in [6, 6.07) is -1.44. The van der Waals surface area contributed by atoms with E-state index in [1.165, 1.54) is 31.2 Å². The molecule has 0 bridgehead atoms. The molecule has 0 aliphatic carbocycles. The molecule has 1 rings (SSSR count). The third-order valence-corrected chi connectivity index (χ3v) is 8.11. The van der Waals surface area contributed by atoms with E-state index >= 15 is 0 Å². The fraction of sp³-hybridized carbons (Fsp3) is 0.545. The van der Waals surface area contributed by atoms with Gasteiger partial charge in [0.1, 0.15) is 36.0 Å². The van der Waals surface area contributed by atoms with Crippen LogP contribution in [0, 0.1) is 11.8 Å². The summed E-state index contributed by atoms with van der Waals surface area (Å²) in [5.41, 5.74) is 10.8. The third-order valence-electron chi connectivity index (χ3n) is 7.66. The second-order valence-electron chi connectivity index (χ2n) is 13.5. The van der Waals surface area contributed by atoms with Gasteiger partial charge >= 0.3 is 13.8 Å². The van der Waals surface area contributed by atoms with Gasteiger partial charge in [-0.2, -0.15) is 0 Å². The van der Waals surface area contributed by atoms with E-state index in [4.69, 9.17) is 26.4 Å². The van der Waals surface area contributed by atoms with Gasteiger partial charge in [-0.15, -0.1) is 0 Å². The maximum atomic E-state index is 13.7. The lowest BCUT2D eigenvalue weighted by atomic mass is 9.98. The van der Waals surface area contributed by atoms with Crippen molar-refractivity contribution in [2.75, 3.05) is 6.54 Å². The molecule has 23 heteroatoms. The Morgan fingerprint density at radius 1 is 0.750 bits per heavy atom. The summed E-state index contributed by atoms with van der Waals surface area (Å²) in [6.07, 6.45) is -1.58. The van der Waals surface area contributed by atoms with Gasteiger partial charge in [-0.25, -0.2) is 4.57 Å². The summed E-state index contributed by atoms with van der Waals surface area (Å²) in [5, 5.41) is 23.3. The molecule has 0 aromatic heterocycles. The molecule has 0 fully saturated rings. The Morgan fingerprint density at radius 2 is 1.32 bits per heavy atom. The zero-order valence-electron chi connectivity index (χ0n) is 31.5. The van der Waals surface area contributed by atoms with Gasteiger partial charge in [0.15, 0.2) is 0 Å². The number of nitrogens with one attached hydrogen (secondary N) is 6. The van der Waals surface area contributed by atoms with Gasteiger partial charge in [0.25, 0.3) is 0 Å². The van der Waals surface area contributed by atoms with Crippen LogP contribution in [0.1, 0.15) is 65.9 Å². The highest BCUT2D eigenvalue weighted by Crippen LogP contribution is 2.37. The van der Waals surface area contributed by atoms with Gasteiger partial charge in [0, 0.05) is 19.8 Å². The van der Waals surface area contributed by atoms with Crippen LogP contribution in [0.15, 0.2) is 24.3 Å². The van der Waals surface area contributed by atoms with Gasteiger partial charge in [0.05, 0.1) is 13.0 Å². The first-order chi connectivity index (χ1) is 25.9. The van der Waals surface area contributed by atoms with E-state index in [9.17, 15) is 47.7 Å². The normalized spacial score (nSPS) is 13.9. The van der Waals surface area contributed by atoms with Gasteiger partial charge in [-0.05, 0) is 42.4 Å². The fourth-order valence-corrected chi connectivity index (χ4v) is 5.42. The Morgan fingerprint density at radius 3 is 1.80 bits per heavy atom. The number of benzene rings is 1. The van der Waals surface area contributed by atoms with Gasteiger partial charge in [-0.1, -0.05) is 39.8 Å². The average Bonchev–Trinajstić information content (AvgIpc) is 3.06. The first kappa shape index (κ1) is 48.4. The summed E-state index contributed by atoms with van der Waals surface area (Å²) < 4.78 is 15.6. The second-order valence-corrected chi connectivity index (χ2v) is 14.7. The highest BCUT2D eigenvalue weighted by molar-refractivity contribution is 7.46. The smallest absolute Gasteiger partial charge is 0.481 e. The molecule has 0 aliphatic rings. The molecule has 5 atom stereocenters. The molecule has 0 spiro atoms. The van der Waals surface area contributed by atoms with Crippen LogP contribution in [0.3, 0.4) is 0 Å². The lowest BCUT2D eigenvalue weighted by molar-refractivity contribution is -0.140. The molecule has 56 heavy (non-hydrogen) atoms. The van der Waals surface area contributed by atoms with E-state index in [-0.39, 0.29) is 37.4 Å². The van der Waals surface area contributed by atoms with Crippen molar-refractivity contribution in [1.29, 1.82) is 0 Å². The number of nitrogens with two attached hydrogens (primary N) is 2. The largest absolute Gasteiger partial charge is 0.524 e. The Hall–Kier alpha value is -5.60. The number of aliphatic carboxylic acids is 1. The minimum absolute atomic E-state index is 0.0389. The minimum atomic E-state index is -4.82. The maximum Gasteiger partial charge on any atom is 0.524 e. The van der Waals surface area contributed by atoms with Crippen molar-refractivity contribution in [1.82, 2.24) is 31.9 Å². The number of carbonyl (C=O) groups excluding carboxylic acids is 8. The van der Waals surface area contributed by atoms with Gasteiger partial charge < -0.3 is 53.0 Å². The highest BCUT2D eigenvalue weighted by Gasteiger charge is 2.33. The standard InChI is InChI=1S/C33H51N8O14P/c1-16(2)12-23(31(49)39-21(10-11-25(34)43)30(48)36-15-26(44)38-22(29(35)47)14-27(45)46)40-33(51)28(17(3)4)41-32(50)24(37-18(5)42)13-19-6-8-20(9-7-19)55-56(52,53)54/h6-9,16-17,21-24,28H,10-15H2,1-5H3,(H2,34,43)(H2,35,47)(H,36,48)(H,37,42)(H,38,44)(H,39,49)(H,40,51)(H,41,50)(H,45,46)(H2,52,53,54)/t21-,22-,23-,24-,28-/m0/s1. The quantitative estimate of drug-likeness (QED) is 0.0470. The van der Waals surface area contributed by atoms with Gasteiger partial charge in [0.2, 0.25) is 47.3 Å². The number of amides is 8. The minimum Gasteiger partial charge on any atom is -0.481 e. The molecule has 13 N–H and O–H groups in total. The number of primary amides is 2. The van der Waals surface area contributed by atoms with Crippen molar-refractivity contribution in [2.24, 2.45) is 23.3 Å². The Kier molecular flexibility index (Phi) is 19.6. The molecule has 0 saturated heterocycles. The van der Waals surface area contributed by atoms with Crippen LogP contribution in [0.2, 0.25) is 0 Å². The number of phosphoric ester groups is 1. The summed E-state index contributed by atoms with van der Waals surface area (Å²) in [4.78, 5) is 130. The predicted octanol–water partition coefficient (Wildman–Crippen LogP) is -2.81. The number of phosphoric acid groups is 1. The van der Waals surface area contributed by atoms with E-state index in [1.807, 2.05) is 0 Å². The van der Waals surface area contributed by atoms with Crippen LogP contribution >= 0.6 is 7.82 Å². The third kappa shape index (κ3) is 19.1. The van der Waals surface area contributed by atoms with Crippen molar-refractivity contribution in [3.8, 4) is 5.75 Å². The molecule has 0 unspecified atom stereocenters. The van der Waals surface area contributed by atoms with Crippen molar-refractivity contribution in [3.05, 3.63) is 29.8 Å². The molecule has 8 amide bonds. The van der Waals surface area contributed by atoms with E-state index < -0.39 is 110 Å². The van der Waals surface area contributed by atoms with Crippen LogP contribution < -0.4 is 47.9 Å². The molecule has 22 nitrogen and oxygen atoms in total. The van der Waals surface area contributed by atoms with E-state index in [1.54, 1.807) is 27.7 Å². The maximum absolute atomic E-state index is 13.7. The van der Waals surface area contributed by atoms with E-state index in [2.05, 4.69) is 36.4 Å². The zero-order valence-corrected chi connectivity index (χ0v) is 32.4. The monoisotopic (exact) mass is 814 g/mol. The van der Waals surface area contributed by atoms with Crippen molar-refractivity contribution in [3.63, 3.8) is 0 Å². The van der Waals surface area contributed by atoms with Crippen LogP contribution in [-0.2, 0) is 54.1 Å². The fourth-order valence-electron chi connectivity index (χ4n) is 5.03. The van der Waals surface area contributed by atoms with Crippen LogP contribution in [0.5, 0.6) is 5.75 Å². The average molecular weight is 815 g/mol. The molecule has 1 aromatic rings. The molecule has 0 radical (unpaired) electrons. The number of carbonyl (C=O) groups is 9. The molecular formula is C33H51N8O14P. The molecule has 1 aromatic carbocycles. The van der Waals surface area contributed by atoms with Crippen LogP contribution in [-0.4, -0.2) is 105 Å². The predicted molar refractivity (Wildman–Crippen MR) is 195 cm³/mol. The lowest BCUT2D eigenvalue weighted by Gasteiger charge is -2.28. The first-order valence-electron chi connectivity index (χ1n) is 17.3. The topological polar surface area (TPSA) is 365 Å². The molecule has 0 heterocycles. The van der Waals surface area contributed by atoms with Crippen molar-refractivity contribution < 1.29 is 67.1 Å². The number of hydrogen-bond acceptors (Lipinski definition) is 11. The summed E-state index contributed by atoms with van der Waals surface area (Å²) >= 11 is 0. The first-order valence-corrected chi connectivity index (χ1v) is 18.8. The molecule has 0 saturated carbocycles. The summed E-state index contributed by atoms with van der Waals surface area (Å²) in [7, 11) is -4.82. The van der Waals surface area contributed by atoms with Gasteiger partial charge in [-0.3, -0.25) is 52.9 Å². The number of carboxylic acid groups (broad SMARTS) is 1. The van der Waals surface area contributed by atoms with E-state index in [0.29, 0.717) is 5.56 Å². The molecule has 0 aliphatic heterocycles. The summed E-state index contributed by atoms with van der Waals surface area (Å²) in [6.45, 7) is 7.12.